The number of hydrogen-bond acceptors (Lipinski definition) is 6. The Morgan fingerprint density at radius 1 is 1.10 bits per heavy atom. The van der Waals surface area contributed by atoms with Crippen LogP contribution in [0, 0.1) is 22.7 Å². The molecule has 1 heterocycles. The first-order chi connectivity index (χ1) is 9.69. The minimum atomic E-state index is 0.316. The lowest BCUT2D eigenvalue weighted by atomic mass is 10.1. The molecule has 20 heavy (non-hydrogen) atoms. The molecule has 0 saturated heterocycles. The summed E-state index contributed by atoms with van der Waals surface area (Å²) in [6, 6.07) is 8.87. The fourth-order valence-electron chi connectivity index (χ4n) is 1.58. The van der Waals surface area contributed by atoms with Crippen LogP contribution in [0.25, 0.3) is 0 Å². The number of nitrogens with one attached hydrogen (secondary N) is 2. The Balaban J connectivity index is 2.37. The number of nitrogens with zero attached hydrogens (tertiary/aromatic N) is 4. The maximum absolute atomic E-state index is 9.00. The van der Waals surface area contributed by atoms with E-state index in [9.17, 15) is 0 Å². The molecule has 2 rings (SSSR count). The molecule has 0 aliphatic heterocycles. The van der Waals surface area contributed by atoms with E-state index in [0.717, 1.165) is 0 Å². The van der Waals surface area contributed by atoms with Crippen molar-refractivity contribution in [3.8, 4) is 12.1 Å². The van der Waals surface area contributed by atoms with E-state index in [4.69, 9.17) is 10.5 Å². The molecule has 98 valence electrons. The Bertz CT molecular complexity index is 729. The van der Waals surface area contributed by atoms with Crippen LogP contribution in [0.15, 0.2) is 29.0 Å². The fraction of sp³-hybridized carbons (Fsp3) is 0.0769. The van der Waals surface area contributed by atoms with Gasteiger partial charge in [0.15, 0.2) is 0 Å². The molecule has 0 bridgehead atoms. The Morgan fingerprint density at radius 2 is 1.80 bits per heavy atom. The minimum Gasteiger partial charge on any atom is -0.372 e. The quantitative estimate of drug-likeness (QED) is 0.899. The van der Waals surface area contributed by atoms with Gasteiger partial charge in [0.25, 0.3) is 0 Å². The van der Waals surface area contributed by atoms with Crippen molar-refractivity contribution in [3.05, 3.63) is 40.1 Å². The zero-order chi connectivity index (χ0) is 14.5. The van der Waals surface area contributed by atoms with Gasteiger partial charge in [-0.3, -0.25) is 0 Å². The molecule has 0 saturated carbocycles. The van der Waals surface area contributed by atoms with E-state index in [0.29, 0.717) is 32.9 Å². The molecule has 6 nitrogen and oxygen atoms in total. The maximum Gasteiger partial charge on any atom is 0.150 e. The molecule has 0 spiro atoms. The predicted octanol–water partition coefficient (Wildman–Crippen LogP) is 2.77. The van der Waals surface area contributed by atoms with Gasteiger partial charge in [0.2, 0.25) is 0 Å². The first kappa shape index (κ1) is 13.8. The van der Waals surface area contributed by atoms with Crippen LogP contribution in [0.2, 0.25) is 0 Å². The van der Waals surface area contributed by atoms with Gasteiger partial charge in [0.05, 0.1) is 11.1 Å². The number of benzene rings is 1. The lowest BCUT2D eigenvalue weighted by Crippen LogP contribution is -2.01. The average molecular weight is 329 g/mol. The van der Waals surface area contributed by atoms with Crippen LogP contribution in [0.5, 0.6) is 0 Å². The molecule has 1 aromatic heterocycles. The first-order valence-electron chi connectivity index (χ1n) is 5.59. The number of aromatic nitrogens is 2. The number of halogens is 1. The monoisotopic (exact) mass is 328 g/mol. The summed E-state index contributed by atoms with van der Waals surface area (Å²) >= 11 is 3.40. The van der Waals surface area contributed by atoms with E-state index in [2.05, 4.69) is 36.5 Å². The Kier molecular flexibility index (Phi) is 4.14. The van der Waals surface area contributed by atoms with Crippen LogP contribution < -0.4 is 10.6 Å². The molecule has 1 aromatic carbocycles. The highest BCUT2D eigenvalue weighted by Crippen LogP contribution is 2.29. The van der Waals surface area contributed by atoms with Crippen LogP contribution in [0.1, 0.15) is 11.1 Å². The second-order valence-electron chi connectivity index (χ2n) is 3.74. The van der Waals surface area contributed by atoms with Crippen LogP contribution in [0.3, 0.4) is 0 Å². The molecule has 2 aromatic rings. The van der Waals surface area contributed by atoms with Crippen LogP contribution in [-0.4, -0.2) is 17.0 Å². The molecule has 0 amide bonds. The molecule has 0 atom stereocenters. The summed E-state index contributed by atoms with van der Waals surface area (Å²) in [5.41, 5.74) is 1.33. The number of nitriles is 2. The number of rotatable bonds is 3. The average Bonchev–Trinajstić information content (AvgIpc) is 2.49. The standard InChI is InChI=1S/C13H9BrN6/c1-17-12-11(14)13(19-7-18-12)20-10-3-2-8(5-15)9(4-10)6-16/h2-4,7H,1H3,(H2,17,18,19,20). The summed E-state index contributed by atoms with van der Waals surface area (Å²) in [6.07, 6.45) is 1.42. The highest BCUT2D eigenvalue weighted by Gasteiger charge is 2.09. The van der Waals surface area contributed by atoms with Crippen LogP contribution in [-0.2, 0) is 0 Å². The van der Waals surface area contributed by atoms with Crippen molar-refractivity contribution >= 4 is 33.3 Å². The Labute approximate surface area is 124 Å². The predicted molar refractivity (Wildman–Crippen MR) is 78.4 cm³/mol. The van der Waals surface area contributed by atoms with Crippen molar-refractivity contribution in [2.24, 2.45) is 0 Å². The SMILES string of the molecule is CNc1ncnc(Nc2ccc(C#N)c(C#N)c2)c1Br. The van der Waals surface area contributed by atoms with Crippen molar-refractivity contribution < 1.29 is 0 Å². The molecule has 0 fully saturated rings. The molecule has 7 heteroatoms. The summed E-state index contributed by atoms with van der Waals surface area (Å²) in [7, 11) is 1.76. The second-order valence-corrected chi connectivity index (χ2v) is 4.54. The lowest BCUT2D eigenvalue weighted by molar-refractivity contribution is 1.14. The van der Waals surface area contributed by atoms with E-state index in [1.807, 2.05) is 12.1 Å². The van der Waals surface area contributed by atoms with Gasteiger partial charge < -0.3 is 10.6 Å². The summed E-state index contributed by atoms with van der Waals surface area (Å²) in [6.45, 7) is 0. The summed E-state index contributed by atoms with van der Waals surface area (Å²) in [5.74, 6) is 1.22. The van der Waals surface area contributed by atoms with Crippen molar-refractivity contribution in [1.29, 1.82) is 10.5 Å². The molecule has 0 aliphatic rings. The van der Waals surface area contributed by atoms with E-state index >= 15 is 0 Å². The van der Waals surface area contributed by atoms with Crippen LogP contribution >= 0.6 is 15.9 Å². The first-order valence-corrected chi connectivity index (χ1v) is 6.38. The molecular weight excluding hydrogens is 320 g/mol. The third-order valence-corrected chi connectivity index (χ3v) is 3.30. The van der Waals surface area contributed by atoms with Crippen molar-refractivity contribution in [2.75, 3.05) is 17.7 Å². The molecule has 0 aliphatic carbocycles. The normalized spacial score (nSPS) is 9.40. The Morgan fingerprint density at radius 3 is 2.45 bits per heavy atom. The lowest BCUT2D eigenvalue weighted by Gasteiger charge is -2.10. The van der Waals surface area contributed by atoms with Gasteiger partial charge >= 0.3 is 0 Å². The minimum absolute atomic E-state index is 0.316. The van der Waals surface area contributed by atoms with Crippen LogP contribution in [0.4, 0.5) is 17.3 Å². The summed E-state index contributed by atoms with van der Waals surface area (Å²) in [4.78, 5) is 8.18. The van der Waals surface area contributed by atoms with E-state index in [1.165, 1.54) is 6.33 Å². The van der Waals surface area contributed by atoms with E-state index in [-0.39, 0.29) is 0 Å². The van der Waals surface area contributed by atoms with Gasteiger partial charge in [-0.05, 0) is 34.1 Å². The topological polar surface area (TPSA) is 97.4 Å². The van der Waals surface area contributed by atoms with Gasteiger partial charge in [-0.2, -0.15) is 10.5 Å². The Hall–Kier alpha value is -2.64. The molecule has 0 radical (unpaired) electrons. The van der Waals surface area contributed by atoms with Gasteiger partial charge in [0.1, 0.15) is 34.6 Å². The molecule has 0 unspecified atom stereocenters. The second kappa shape index (κ2) is 6.00. The number of anilines is 3. The molecular formula is C13H9BrN6. The maximum atomic E-state index is 9.00. The van der Waals surface area contributed by atoms with Gasteiger partial charge in [-0.15, -0.1) is 0 Å². The highest BCUT2D eigenvalue weighted by molar-refractivity contribution is 9.10. The molecule has 2 N–H and O–H groups in total. The largest absolute Gasteiger partial charge is 0.372 e. The zero-order valence-corrected chi connectivity index (χ0v) is 12.1. The third-order valence-electron chi connectivity index (χ3n) is 2.55. The van der Waals surface area contributed by atoms with Crippen molar-refractivity contribution in [3.63, 3.8) is 0 Å². The number of hydrogen-bond donors (Lipinski definition) is 2. The summed E-state index contributed by atoms with van der Waals surface area (Å²) < 4.78 is 0.686. The van der Waals surface area contributed by atoms with Gasteiger partial charge in [-0.1, -0.05) is 0 Å². The summed E-state index contributed by atoms with van der Waals surface area (Å²) in [5, 5.41) is 23.9. The fourth-order valence-corrected chi connectivity index (χ4v) is 2.08. The van der Waals surface area contributed by atoms with Gasteiger partial charge in [-0.25, -0.2) is 9.97 Å². The van der Waals surface area contributed by atoms with E-state index < -0.39 is 0 Å². The zero-order valence-electron chi connectivity index (χ0n) is 10.5. The smallest absolute Gasteiger partial charge is 0.150 e. The van der Waals surface area contributed by atoms with Crippen molar-refractivity contribution in [2.45, 2.75) is 0 Å². The third kappa shape index (κ3) is 2.68. The van der Waals surface area contributed by atoms with E-state index in [1.54, 1.807) is 25.2 Å². The van der Waals surface area contributed by atoms with Gasteiger partial charge in [0, 0.05) is 12.7 Å². The highest BCUT2D eigenvalue weighted by atomic mass is 79.9. The van der Waals surface area contributed by atoms with Crippen molar-refractivity contribution in [1.82, 2.24) is 9.97 Å².